The lowest BCUT2D eigenvalue weighted by molar-refractivity contribution is -0.111. The zero-order valence-corrected chi connectivity index (χ0v) is 13.5. The summed E-state index contributed by atoms with van der Waals surface area (Å²) in [7, 11) is 0. The molecule has 3 nitrogen and oxygen atoms in total. The van der Waals surface area contributed by atoms with Gasteiger partial charge in [-0.1, -0.05) is 78.9 Å². The molecule has 1 aliphatic heterocycles. The molecule has 2 unspecified atom stereocenters. The number of hydrazone groups is 1. The number of carbonyl (C=O) groups is 1. The number of rotatable bonds is 3. The first-order valence-corrected chi connectivity index (χ1v) is 8.42. The van der Waals surface area contributed by atoms with Crippen LogP contribution in [-0.4, -0.2) is 17.5 Å². The van der Waals surface area contributed by atoms with Crippen LogP contribution in [-0.2, 0) is 10.2 Å². The standard InChI is InChI=1S/C22H16N2O/c25-21-20-22(21,17-12-6-2-7-13-17)19(16-10-4-1-5-11-16)23-24(20)18-14-8-3-9-15-18/h1-15,20H. The number of para-hydroxylation sites is 1. The van der Waals surface area contributed by atoms with Gasteiger partial charge >= 0.3 is 0 Å². The lowest BCUT2D eigenvalue weighted by Gasteiger charge is -2.14. The smallest absolute Gasteiger partial charge is 0.178 e. The molecule has 0 N–H and O–H groups in total. The molecule has 1 fully saturated rings. The van der Waals surface area contributed by atoms with Gasteiger partial charge in [0.25, 0.3) is 0 Å². The van der Waals surface area contributed by atoms with Crippen LogP contribution >= 0.6 is 0 Å². The molecule has 3 aromatic rings. The van der Waals surface area contributed by atoms with Crippen molar-refractivity contribution in [3.63, 3.8) is 0 Å². The Bertz CT molecular complexity index is 967. The second kappa shape index (κ2) is 5.15. The van der Waals surface area contributed by atoms with Gasteiger partial charge in [0.2, 0.25) is 0 Å². The van der Waals surface area contributed by atoms with Crippen LogP contribution in [0.1, 0.15) is 11.1 Å². The Morgan fingerprint density at radius 1 is 0.760 bits per heavy atom. The maximum atomic E-state index is 13.1. The number of hydrogen-bond acceptors (Lipinski definition) is 3. The van der Waals surface area contributed by atoms with Crippen LogP contribution in [0.4, 0.5) is 5.69 Å². The third kappa shape index (κ3) is 1.86. The Morgan fingerprint density at radius 2 is 1.32 bits per heavy atom. The van der Waals surface area contributed by atoms with Crippen LogP contribution < -0.4 is 5.01 Å². The van der Waals surface area contributed by atoms with Crippen molar-refractivity contribution < 1.29 is 4.79 Å². The van der Waals surface area contributed by atoms with Crippen LogP contribution in [0.15, 0.2) is 96.1 Å². The molecule has 1 saturated carbocycles. The summed E-state index contributed by atoms with van der Waals surface area (Å²) in [4.78, 5) is 13.1. The number of carbonyl (C=O) groups excluding carboxylic acids is 1. The van der Waals surface area contributed by atoms with Gasteiger partial charge in [-0.05, 0) is 23.3 Å². The number of benzene rings is 3. The maximum absolute atomic E-state index is 13.1. The van der Waals surface area contributed by atoms with Crippen molar-refractivity contribution in [2.45, 2.75) is 11.5 Å². The fourth-order valence-corrected chi connectivity index (χ4v) is 3.88. The largest absolute Gasteiger partial charge is 0.296 e. The van der Waals surface area contributed by atoms with Crippen LogP contribution in [0, 0.1) is 0 Å². The minimum atomic E-state index is -0.654. The minimum absolute atomic E-state index is 0.219. The molecular weight excluding hydrogens is 308 g/mol. The van der Waals surface area contributed by atoms with Gasteiger partial charge < -0.3 is 0 Å². The Hall–Kier alpha value is -3.20. The molecule has 25 heavy (non-hydrogen) atoms. The molecule has 1 aliphatic carbocycles. The van der Waals surface area contributed by atoms with E-state index in [1.807, 2.05) is 96.0 Å². The van der Waals surface area contributed by atoms with Crippen molar-refractivity contribution in [1.29, 1.82) is 0 Å². The summed E-state index contributed by atoms with van der Waals surface area (Å²) in [6, 6.07) is 29.7. The van der Waals surface area contributed by atoms with Crippen molar-refractivity contribution in [3.05, 3.63) is 102 Å². The summed E-state index contributed by atoms with van der Waals surface area (Å²) < 4.78 is 0. The monoisotopic (exact) mass is 324 g/mol. The van der Waals surface area contributed by atoms with Gasteiger partial charge in [-0.2, -0.15) is 5.10 Å². The number of fused-ring (bicyclic) bond motifs is 1. The Morgan fingerprint density at radius 3 is 1.96 bits per heavy atom. The summed E-state index contributed by atoms with van der Waals surface area (Å²) in [5, 5.41) is 6.77. The van der Waals surface area contributed by atoms with Crippen molar-refractivity contribution in [3.8, 4) is 0 Å². The van der Waals surface area contributed by atoms with Crippen LogP contribution in [0.3, 0.4) is 0 Å². The highest BCUT2D eigenvalue weighted by Gasteiger charge is 2.75. The summed E-state index contributed by atoms with van der Waals surface area (Å²) in [5.41, 5.74) is 3.16. The van der Waals surface area contributed by atoms with Gasteiger partial charge in [0, 0.05) is 0 Å². The number of anilines is 1. The van der Waals surface area contributed by atoms with E-state index in [0.29, 0.717) is 0 Å². The summed E-state index contributed by atoms with van der Waals surface area (Å²) >= 11 is 0. The predicted molar refractivity (Wildman–Crippen MR) is 98.8 cm³/mol. The number of Topliss-reactive ketones (excluding diaryl/α,β-unsaturated/α-hetero) is 1. The Labute approximate surface area is 146 Å². The molecule has 2 aliphatic rings. The second-order valence-corrected chi connectivity index (χ2v) is 6.44. The Balaban J connectivity index is 1.71. The molecule has 2 atom stereocenters. The van der Waals surface area contributed by atoms with Gasteiger partial charge in [0.05, 0.1) is 11.4 Å². The van der Waals surface area contributed by atoms with E-state index < -0.39 is 5.41 Å². The summed E-state index contributed by atoms with van der Waals surface area (Å²) in [6.07, 6.45) is 0. The van der Waals surface area contributed by atoms with E-state index in [2.05, 4.69) is 0 Å². The molecule has 0 spiro atoms. The van der Waals surface area contributed by atoms with Gasteiger partial charge in [-0.15, -0.1) is 0 Å². The maximum Gasteiger partial charge on any atom is 0.178 e. The molecule has 3 aromatic carbocycles. The molecule has 0 amide bonds. The summed E-state index contributed by atoms with van der Waals surface area (Å²) in [6.45, 7) is 0. The van der Waals surface area contributed by atoms with Gasteiger partial charge in [0.1, 0.15) is 11.5 Å². The van der Waals surface area contributed by atoms with E-state index in [-0.39, 0.29) is 11.8 Å². The predicted octanol–water partition coefficient (Wildman–Crippen LogP) is 3.80. The van der Waals surface area contributed by atoms with Crippen LogP contribution in [0.5, 0.6) is 0 Å². The molecular formula is C22H16N2O. The molecule has 0 radical (unpaired) electrons. The SMILES string of the molecule is O=C1C2N(c3ccccc3)N=C(c3ccccc3)C12c1ccccc1. The molecule has 5 rings (SSSR count). The topological polar surface area (TPSA) is 32.7 Å². The average Bonchev–Trinajstić information content (AvgIpc) is 3.13. The molecule has 0 aromatic heterocycles. The van der Waals surface area contributed by atoms with Crippen molar-refractivity contribution >= 4 is 17.2 Å². The first-order valence-electron chi connectivity index (χ1n) is 8.42. The van der Waals surface area contributed by atoms with Gasteiger partial charge in [-0.25, -0.2) is 0 Å². The molecule has 0 bridgehead atoms. The van der Waals surface area contributed by atoms with E-state index in [1.54, 1.807) is 0 Å². The van der Waals surface area contributed by atoms with E-state index >= 15 is 0 Å². The molecule has 120 valence electrons. The van der Waals surface area contributed by atoms with E-state index in [1.165, 1.54) is 0 Å². The fraction of sp³-hybridized carbons (Fsp3) is 0.0909. The minimum Gasteiger partial charge on any atom is -0.296 e. The summed E-state index contributed by atoms with van der Waals surface area (Å²) in [5.74, 6) is 0.219. The zero-order chi connectivity index (χ0) is 16.9. The van der Waals surface area contributed by atoms with Crippen LogP contribution in [0.25, 0.3) is 0 Å². The third-order valence-electron chi connectivity index (χ3n) is 5.09. The lowest BCUT2D eigenvalue weighted by Crippen LogP contribution is -2.24. The van der Waals surface area contributed by atoms with E-state index in [0.717, 1.165) is 22.5 Å². The first-order chi connectivity index (χ1) is 12.3. The average molecular weight is 324 g/mol. The Kier molecular flexibility index (Phi) is 2.92. The highest BCUT2D eigenvalue weighted by Crippen LogP contribution is 2.55. The van der Waals surface area contributed by atoms with Gasteiger partial charge in [0.15, 0.2) is 5.78 Å². The third-order valence-corrected chi connectivity index (χ3v) is 5.09. The number of hydrogen-bond donors (Lipinski definition) is 0. The first kappa shape index (κ1) is 14.2. The van der Waals surface area contributed by atoms with E-state index in [9.17, 15) is 4.79 Å². The highest BCUT2D eigenvalue weighted by molar-refractivity contribution is 6.38. The molecule has 3 heteroatoms. The van der Waals surface area contributed by atoms with Crippen molar-refractivity contribution in [2.75, 3.05) is 5.01 Å². The normalized spacial score (nSPS) is 24.0. The quantitative estimate of drug-likeness (QED) is 0.734. The van der Waals surface area contributed by atoms with Crippen LogP contribution in [0.2, 0.25) is 0 Å². The molecule has 0 saturated heterocycles. The second-order valence-electron chi connectivity index (χ2n) is 6.44. The highest BCUT2D eigenvalue weighted by atomic mass is 16.2. The zero-order valence-electron chi connectivity index (χ0n) is 13.5. The fourth-order valence-electron chi connectivity index (χ4n) is 3.88. The van der Waals surface area contributed by atoms with Gasteiger partial charge in [-0.3, -0.25) is 9.80 Å². The van der Waals surface area contributed by atoms with Crippen molar-refractivity contribution in [2.24, 2.45) is 5.10 Å². The number of nitrogens with zero attached hydrogens (tertiary/aromatic N) is 2. The van der Waals surface area contributed by atoms with E-state index in [4.69, 9.17) is 5.10 Å². The lowest BCUT2D eigenvalue weighted by atomic mass is 9.86. The molecule has 1 heterocycles. The van der Waals surface area contributed by atoms with Crippen molar-refractivity contribution in [1.82, 2.24) is 0 Å². The number of ketones is 1.